The minimum absolute atomic E-state index is 0.277. The van der Waals surface area contributed by atoms with E-state index in [9.17, 15) is 9.59 Å². The maximum Gasteiger partial charge on any atom is 0.319 e. The Kier molecular flexibility index (Phi) is 3.59. The Morgan fingerprint density at radius 3 is 2.54 bits per heavy atom. The number of carboxylic acids is 1. The summed E-state index contributed by atoms with van der Waals surface area (Å²) in [6.45, 7) is 2.10. The van der Waals surface area contributed by atoms with Crippen LogP contribution in [0.3, 0.4) is 0 Å². The molecular formula is C8H12O4S. The Morgan fingerprint density at radius 2 is 2.08 bits per heavy atom. The van der Waals surface area contributed by atoms with Crippen LogP contribution in [0.2, 0.25) is 0 Å². The molecule has 5 heteroatoms. The lowest BCUT2D eigenvalue weighted by molar-refractivity contribution is -0.142. The number of esters is 1. The Morgan fingerprint density at radius 1 is 1.46 bits per heavy atom. The van der Waals surface area contributed by atoms with Gasteiger partial charge in [0.1, 0.15) is 10.5 Å². The Hall–Kier alpha value is -0.710. The van der Waals surface area contributed by atoms with Crippen LogP contribution in [0, 0.1) is 0 Å². The van der Waals surface area contributed by atoms with Crippen molar-refractivity contribution in [3.05, 3.63) is 0 Å². The molecular weight excluding hydrogens is 192 g/mol. The predicted molar refractivity (Wildman–Crippen MR) is 48.7 cm³/mol. The summed E-state index contributed by atoms with van der Waals surface area (Å²) in [5.41, 5.74) is 0. The second-order valence-electron chi connectivity index (χ2n) is 2.78. The average Bonchev–Trinajstić information content (AvgIpc) is 2.52. The van der Waals surface area contributed by atoms with Gasteiger partial charge < -0.3 is 9.84 Å². The maximum atomic E-state index is 11.2. The lowest BCUT2D eigenvalue weighted by atomic mass is 10.2. The van der Waals surface area contributed by atoms with Crippen LogP contribution in [-0.2, 0) is 14.3 Å². The topological polar surface area (TPSA) is 63.6 Å². The number of thioether (sulfide) groups is 1. The first-order valence-electron chi connectivity index (χ1n) is 4.20. The third-order valence-electron chi connectivity index (χ3n) is 1.84. The zero-order valence-electron chi connectivity index (χ0n) is 7.36. The van der Waals surface area contributed by atoms with E-state index >= 15 is 0 Å². The molecule has 1 rings (SSSR count). The van der Waals surface area contributed by atoms with Gasteiger partial charge in [0, 0.05) is 0 Å². The van der Waals surface area contributed by atoms with Crippen molar-refractivity contribution < 1.29 is 19.4 Å². The van der Waals surface area contributed by atoms with E-state index in [1.807, 2.05) is 0 Å². The van der Waals surface area contributed by atoms with Gasteiger partial charge in [0.05, 0.1) is 6.61 Å². The van der Waals surface area contributed by atoms with Crippen LogP contribution in [0.4, 0.5) is 0 Å². The zero-order valence-corrected chi connectivity index (χ0v) is 8.17. The van der Waals surface area contributed by atoms with Crippen molar-refractivity contribution in [3.8, 4) is 0 Å². The quantitative estimate of drug-likeness (QED) is 0.692. The molecule has 2 atom stereocenters. The van der Waals surface area contributed by atoms with E-state index in [2.05, 4.69) is 0 Å². The second-order valence-corrected chi connectivity index (χ2v) is 4.19. The molecule has 1 aliphatic rings. The van der Waals surface area contributed by atoms with Gasteiger partial charge in [-0.05, 0) is 19.8 Å². The van der Waals surface area contributed by atoms with Crippen LogP contribution in [0.15, 0.2) is 0 Å². The fourth-order valence-electron chi connectivity index (χ4n) is 1.23. The average molecular weight is 204 g/mol. The van der Waals surface area contributed by atoms with Crippen LogP contribution in [0.25, 0.3) is 0 Å². The molecule has 1 N–H and O–H groups in total. The van der Waals surface area contributed by atoms with Gasteiger partial charge in [0.15, 0.2) is 0 Å². The van der Waals surface area contributed by atoms with Crippen molar-refractivity contribution in [2.75, 3.05) is 6.61 Å². The van der Waals surface area contributed by atoms with E-state index in [1.54, 1.807) is 6.92 Å². The van der Waals surface area contributed by atoms with Crippen LogP contribution in [-0.4, -0.2) is 34.2 Å². The Balaban J connectivity index is 2.40. The first-order chi connectivity index (χ1) is 6.15. The van der Waals surface area contributed by atoms with Crippen molar-refractivity contribution in [1.29, 1.82) is 0 Å². The molecule has 1 fully saturated rings. The summed E-state index contributed by atoms with van der Waals surface area (Å²) in [7, 11) is 0. The zero-order chi connectivity index (χ0) is 9.84. The lowest BCUT2D eigenvalue weighted by Gasteiger charge is -2.07. The summed E-state index contributed by atoms with van der Waals surface area (Å²) >= 11 is 1.19. The van der Waals surface area contributed by atoms with E-state index < -0.39 is 11.2 Å². The van der Waals surface area contributed by atoms with Crippen molar-refractivity contribution in [2.45, 2.75) is 30.3 Å². The smallest absolute Gasteiger partial charge is 0.319 e. The normalized spacial score (nSPS) is 27.2. The minimum Gasteiger partial charge on any atom is -0.480 e. The molecule has 4 nitrogen and oxygen atoms in total. The number of hydrogen-bond acceptors (Lipinski definition) is 4. The number of aliphatic carboxylic acids is 1. The monoisotopic (exact) mass is 204 g/mol. The number of rotatable bonds is 3. The van der Waals surface area contributed by atoms with Gasteiger partial charge in [-0.1, -0.05) is 0 Å². The van der Waals surface area contributed by atoms with E-state index in [1.165, 1.54) is 11.8 Å². The standard InChI is InChI=1S/C8H12O4S/c1-2-12-8(11)6-4-3-5(13-6)7(9)10/h5-6H,2-4H2,1H3,(H,9,10). The highest BCUT2D eigenvalue weighted by atomic mass is 32.2. The third-order valence-corrected chi connectivity index (χ3v) is 3.37. The molecule has 0 aromatic rings. The molecule has 1 saturated heterocycles. The van der Waals surface area contributed by atoms with Gasteiger partial charge in [-0.15, -0.1) is 11.8 Å². The van der Waals surface area contributed by atoms with Gasteiger partial charge in [0.25, 0.3) is 0 Å². The van der Waals surface area contributed by atoms with Crippen molar-refractivity contribution in [3.63, 3.8) is 0 Å². The fraction of sp³-hybridized carbons (Fsp3) is 0.750. The van der Waals surface area contributed by atoms with Crippen molar-refractivity contribution >= 4 is 23.7 Å². The van der Waals surface area contributed by atoms with Crippen LogP contribution in [0.1, 0.15) is 19.8 Å². The van der Waals surface area contributed by atoms with Crippen molar-refractivity contribution in [2.24, 2.45) is 0 Å². The number of ether oxygens (including phenoxy) is 1. The van der Waals surface area contributed by atoms with Gasteiger partial charge >= 0.3 is 11.9 Å². The molecule has 0 aliphatic carbocycles. The first-order valence-corrected chi connectivity index (χ1v) is 5.14. The second kappa shape index (κ2) is 4.50. The Labute approximate surface area is 80.6 Å². The molecule has 2 unspecified atom stereocenters. The van der Waals surface area contributed by atoms with Crippen molar-refractivity contribution in [1.82, 2.24) is 0 Å². The first kappa shape index (κ1) is 10.4. The molecule has 0 aromatic carbocycles. The van der Waals surface area contributed by atoms with Gasteiger partial charge in [0.2, 0.25) is 0 Å². The predicted octanol–water partition coefficient (Wildman–Crippen LogP) is 0.898. The SMILES string of the molecule is CCOC(=O)C1CCC(C(=O)O)S1. The highest BCUT2D eigenvalue weighted by Crippen LogP contribution is 2.34. The summed E-state index contributed by atoms with van der Waals surface area (Å²) in [5, 5.41) is 7.96. The van der Waals surface area contributed by atoms with Gasteiger partial charge in [-0.2, -0.15) is 0 Å². The molecule has 0 amide bonds. The fourth-order valence-corrected chi connectivity index (χ4v) is 2.46. The van der Waals surface area contributed by atoms with Crippen LogP contribution < -0.4 is 0 Å². The molecule has 0 saturated carbocycles. The highest BCUT2D eigenvalue weighted by molar-refractivity contribution is 8.02. The molecule has 0 aromatic heterocycles. The molecule has 0 radical (unpaired) electrons. The molecule has 0 bridgehead atoms. The molecule has 1 aliphatic heterocycles. The minimum atomic E-state index is -0.836. The number of carbonyl (C=O) groups is 2. The third kappa shape index (κ3) is 2.62. The van der Waals surface area contributed by atoms with Crippen LogP contribution >= 0.6 is 11.8 Å². The number of carbonyl (C=O) groups excluding carboxylic acids is 1. The molecule has 1 heterocycles. The highest BCUT2D eigenvalue weighted by Gasteiger charge is 2.35. The number of carboxylic acid groups (broad SMARTS) is 1. The molecule has 13 heavy (non-hydrogen) atoms. The lowest BCUT2D eigenvalue weighted by Crippen LogP contribution is -2.18. The van der Waals surface area contributed by atoms with E-state index in [-0.39, 0.29) is 11.2 Å². The van der Waals surface area contributed by atoms with E-state index in [4.69, 9.17) is 9.84 Å². The number of hydrogen-bond donors (Lipinski definition) is 1. The Bertz CT molecular complexity index is 216. The van der Waals surface area contributed by atoms with Crippen LogP contribution in [0.5, 0.6) is 0 Å². The summed E-state index contributed by atoms with van der Waals surface area (Å²) in [6, 6.07) is 0. The van der Waals surface area contributed by atoms with Gasteiger partial charge in [-0.3, -0.25) is 9.59 Å². The van der Waals surface area contributed by atoms with E-state index in [0.29, 0.717) is 19.4 Å². The molecule has 0 spiro atoms. The summed E-state index contributed by atoms with van der Waals surface area (Å²) in [4.78, 5) is 21.7. The molecule has 74 valence electrons. The summed E-state index contributed by atoms with van der Waals surface area (Å²) in [6.07, 6.45) is 1.17. The summed E-state index contributed by atoms with van der Waals surface area (Å²) < 4.78 is 4.80. The van der Waals surface area contributed by atoms with Gasteiger partial charge in [-0.25, -0.2) is 0 Å². The maximum absolute atomic E-state index is 11.2. The van der Waals surface area contributed by atoms with E-state index in [0.717, 1.165) is 0 Å². The summed E-state index contributed by atoms with van der Waals surface area (Å²) in [5.74, 6) is -1.12. The largest absolute Gasteiger partial charge is 0.480 e.